The molecule has 1 amide bonds. The van der Waals surface area contributed by atoms with E-state index in [1.165, 1.54) is 22.0 Å². The fraction of sp³-hybridized carbons (Fsp3) is 0.400. The fourth-order valence-corrected chi connectivity index (χ4v) is 6.66. The van der Waals surface area contributed by atoms with Crippen LogP contribution in [-0.2, 0) is 44.8 Å². The number of aryl methyl sites for hydroxylation is 2. The van der Waals surface area contributed by atoms with E-state index in [1.54, 1.807) is 6.92 Å². The largest absolute Gasteiger partial charge is 0.416 e. The molecule has 0 spiro atoms. The third-order valence-corrected chi connectivity index (χ3v) is 9.49. The van der Waals surface area contributed by atoms with Crippen LogP contribution in [0.1, 0.15) is 41.6 Å². The average molecular weight is 620 g/mol. The molecule has 1 unspecified atom stereocenters. The van der Waals surface area contributed by atoms with Crippen LogP contribution < -0.4 is 5.14 Å². The highest BCUT2D eigenvalue weighted by Crippen LogP contribution is 2.31. The molecule has 1 fully saturated rings. The first-order valence-corrected chi connectivity index (χ1v) is 15.2. The molecule has 2 heterocycles. The van der Waals surface area contributed by atoms with Crippen LogP contribution in [0.5, 0.6) is 0 Å². The van der Waals surface area contributed by atoms with Gasteiger partial charge in [-0.25, -0.2) is 22.3 Å². The second-order valence-corrected chi connectivity index (χ2v) is 12.8. The van der Waals surface area contributed by atoms with Crippen molar-refractivity contribution >= 4 is 26.7 Å². The minimum atomic E-state index is -4.54. The zero-order valence-electron chi connectivity index (χ0n) is 21.7. The SMILES string of the molecule is Cc1cnn(Cc2cc(C(F)(F)F)ccc2CCC(=O)N2CCC(S(=O)c3ccc(S(N)(=O)=O)c(F)c3F)CC2)n1. The molecule has 1 aromatic heterocycles. The average Bonchev–Trinajstić information content (AvgIpc) is 3.32. The first kappa shape index (κ1) is 30.7. The van der Waals surface area contributed by atoms with Gasteiger partial charge in [-0.3, -0.25) is 9.00 Å². The number of piperidine rings is 1. The highest BCUT2D eigenvalue weighted by Gasteiger charge is 2.32. The Morgan fingerprint density at radius 3 is 2.37 bits per heavy atom. The molecule has 0 saturated carbocycles. The molecule has 1 aliphatic heterocycles. The molecule has 0 aliphatic carbocycles. The van der Waals surface area contributed by atoms with Crippen molar-refractivity contribution in [3.8, 4) is 0 Å². The van der Waals surface area contributed by atoms with Gasteiger partial charge in [0, 0.05) is 24.8 Å². The lowest BCUT2D eigenvalue weighted by Gasteiger charge is -2.31. The van der Waals surface area contributed by atoms with Crippen molar-refractivity contribution in [1.82, 2.24) is 19.9 Å². The number of carbonyl (C=O) groups is 1. The van der Waals surface area contributed by atoms with Crippen LogP contribution in [-0.4, -0.2) is 56.8 Å². The Morgan fingerprint density at radius 2 is 1.78 bits per heavy atom. The lowest BCUT2D eigenvalue weighted by molar-refractivity contribution is -0.137. The van der Waals surface area contributed by atoms with E-state index in [0.717, 1.165) is 24.3 Å². The third-order valence-electron chi connectivity index (χ3n) is 6.74. The summed E-state index contributed by atoms with van der Waals surface area (Å²) in [6.45, 7) is 2.07. The van der Waals surface area contributed by atoms with Crippen LogP contribution in [0.15, 0.2) is 46.3 Å². The van der Waals surface area contributed by atoms with Crippen molar-refractivity contribution in [3.05, 3.63) is 70.5 Å². The summed E-state index contributed by atoms with van der Waals surface area (Å²) in [4.78, 5) is 14.2. The van der Waals surface area contributed by atoms with Gasteiger partial charge in [-0.2, -0.15) is 28.2 Å². The summed E-state index contributed by atoms with van der Waals surface area (Å²) in [5, 5.41) is 12.4. The maximum Gasteiger partial charge on any atom is 0.416 e. The van der Waals surface area contributed by atoms with Gasteiger partial charge in [0.2, 0.25) is 15.9 Å². The van der Waals surface area contributed by atoms with E-state index in [2.05, 4.69) is 10.2 Å². The minimum absolute atomic E-state index is 0.00612. The zero-order valence-corrected chi connectivity index (χ0v) is 23.3. The van der Waals surface area contributed by atoms with Crippen LogP contribution in [0.3, 0.4) is 0 Å². The highest BCUT2D eigenvalue weighted by atomic mass is 32.2. The number of rotatable bonds is 8. The Bertz CT molecular complexity index is 1590. The lowest BCUT2D eigenvalue weighted by atomic mass is 9.99. The maximum atomic E-state index is 14.5. The van der Waals surface area contributed by atoms with Crippen LogP contribution in [0.25, 0.3) is 0 Å². The van der Waals surface area contributed by atoms with E-state index >= 15 is 0 Å². The van der Waals surface area contributed by atoms with Gasteiger partial charge in [0.15, 0.2) is 11.6 Å². The zero-order chi connectivity index (χ0) is 30.1. The summed E-state index contributed by atoms with van der Waals surface area (Å²) in [6.07, 6.45) is -2.46. The predicted molar refractivity (Wildman–Crippen MR) is 137 cm³/mol. The van der Waals surface area contributed by atoms with E-state index < -0.39 is 59.2 Å². The number of amides is 1. The fourth-order valence-electron chi connectivity index (χ4n) is 4.59. The molecule has 1 atom stereocenters. The molecular weight excluding hydrogens is 593 g/mol. The molecule has 3 aromatic rings. The van der Waals surface area contributed by atoms with Gasteiger partial charge < -0.3 is 4.90 Å². The molecular formula is C25H26F5N5O4S2. The van der Waals surface area contributed by atoms with Crippen molar-refractivity contribution < 1.29 is 39.4 Å². The Morgan fingerprint density at radius 1 is 1.10 bits per heavy atom. The van der Waals surface area contributed by atoms with Gasteiger partial charge in [-0.05, 0) is 61.6 Å². The number of likely N-dealkylation sites (tertiary alicyclic amines) is 1. The van der Waals surface area contributed by atoms with Crippen LogP contribution in [0, 0.1) is 18.6 Å². The van der Waals surface area contributed by atoms with E-state index in [-0.39, 0.29) is 51.2 Å². The quantitative estimate of drug-likeness (QED) is 0.386. The van der Waals surface area contributed by atoms with Gasteiger partial charge in [-0.15, -0.1) is 0 Å². The number of benzene rings is 2. The summed E-state index contributed by atoms with van der Waals surface area (Å²) in [6, 6.07) is 5.01. The molecule has 9 nitrogen and oxygen atoms in total. The number of nitrogens with zero attached hydrogens (tertiary/aromatic N) is 4. The number of halogens is 5. The molecule has 41 heavy (non-hydrogen) atoms. The Balaban J connectivity index is 1.39. The van der Waals surface area contributed by atoms with Gasteiger partial charge in [-0.1, -0.05) is 6.07 Å². The van der Waals surface area contributed by atoms with E-state index in [9.17, 15) is 39.4 Å². The summed E-state index contributed by atoms with van der Waals surface area (Å²) in [7, 11) is -6.52. The minimum Gasteiger partial charge on any atom is -0.343 e. The van der Waals surface area contributed by atoms with Crippen molar-refractivity contribution in [2.24, 2.45) is 5.14 Å². The number of primary sulfonamides is 1. The standard InChI is InChI=1S/C25H26F5N5O4S2/c1-15-13-32-35(33-15)14-17-12-18(25(28,29)30)4-2-16(17)3-7-22(36)34-10-8-19(9-11-34)40(37)20-5-6-21(41(31,38)39)24(27)23(20)26/h2,4-6,12-13,19H,3,7-11,14H2,1H3,(H2,31,38,39). The van der Waals surface area contributed by atoms with Gasteiger partial charge in [0.25, 0.3) is 0 Å². The number of hydrogen-bond donors (Lipinski definition) is 1. The molecule has 1 saturated heterocycles. The Labute approximate surface area is 235 Å². The smallest absolute Gasteiger partial charge is 0.343 e. The number of sulfonamides is 1. The topological polar surface area (TPSA) is 128 Å². The van der Waals surface area contributed by atoms with Crippen molar-refractivity contribution in [2.75, 3.05) is 13.1 Å². The number of aromatic nitrogens is 3. The molecule has 0 bridgehead atoms. The van der Waals surface area contributed by atoms with Crippen LogP contribution in [0.2, 0.25) is 0 Å². The van der Waals surface area contributed by atoms with Crippen LogP contribution >= 0.6 is 0 Å². The summed E-state index contributed by atoms with van der Waals surface area (Å²) in [5.74, 6) is -3.52. The summed E-state index contributed by atoms with van der Waals surface area (Å²) >= 11 is 0. The molecule has 2 N–H and O–H groups in total. The van der Waals surface area contributed by atoms with E-state index in [4.69, 9.17) is 5.14 Å². The normalized spacial score (nSPS) is 15.7. The monoisotopic (exact) mass is 619 g/mol. The Kier molecular flexibility index (Phi) is 8.94. The second kappa shape index (κ2) is 11.9. The van der Waals surface area contributed by atoms with Crippen molar-refractivity contribution in [2.45, 2.75) is 60.4 Å². The van der Waals surface area contributed by atoms with Crippen molar-refractivity contribution in [3.63, 3.8) is 0 Å². The molecule has 16 heteroatoms. The Hall–Kier alpha value is -3.24. The highest BCUT2D eigenvalue weighted by molar-refractivity contribution is 7.89. The molecule has 1 aliphatic rings. The van der Waals surface area contributed by atoms with Gasteiger partial charge >= 0.3 is 6.18 Å². The molecule has 2 aromatic carbocycles. The predicted octanol–water partition coefficient (Wildman–Crippen LogP) is 3.31. The number of nitrogens with two attached hydrogens (primary N) is 1. The number of alkyl halides is 3. The lowest BCUT2D eigenvalue weighted by Crippen LogP contribution is -2.41. The number of hydrogen-bond acceptors (Lipinski definition) is 6. The van der Waals surface area contributed by atoms with E-state index in [0.29, 0.717) is 16.8 Å². The molecule has 0 radical (unpaired) electrons. The van der Waals surface area contributed by atoms with Gasteiger partial charge in [0.1, 0.15) is 4.90 Å². The van der Waals surface area contributed by atoms with Gasteiger partial charge in [0.05, 0.1) is 39.7 Å². The number of carbonyl (C=O) groups excluding carboxylic acids is 1. The molecule has 4 rings (SSSR count). The van der Waals surface area contributed by atoms with E-state index in [1.807, 2.05) is 0 Å². The maximum absolute atomic E-state index is 14.5. The van der Waals surface area contributed by atoms with Crippen molar-refractivity contribution in [1.29, 1.82) is 0 Å². The summed E-state index contributed by atoms with van der Waals surface area (Å²) in [5.41, 5.74) is 0.654. The molecule has 222 valence electrons. The van der Waals surface area contributed by atoms with Crippen LogP contribution in [0.4, 0.5) is 22.0 Å². The first-order chi connectivity index (χ1) is 19.1. The first-order valence-electron chi connectivity index (χ1n) is 12.4. The summed E-state index contributed by atoms with van der Waals surface area (Å²) < 4.78 is 104. The second-order valence-electron chi connectivity index (χ2n) is 9.61. The third kappa shape index (κ3) is 7.16.